The summed E-state index contributed by atoms with van der Waals surface area (Å²) in [5.74, 6) is 0.579. The molecule has 80 valence electrons. The smallest absolute Gasteiger partial charge is 0.217 e. The molecule has 0 heterocycles. The van der Waals surface area contributed by atoms with E-state index in [0.717, 1.165) is 0 Å². The minimum absolute atomic E-state index is 0.259. The molecule has 0 aromatic heterocycles. The number of thiocarbonyl (C=S) groups is 1. The van der Waals surface area contributed by atoms with E-state index in [2.05, 4.69) is 12.6 Å². The first kappa shape index (κ1) is 12.0. The topological polar surface area (TPSA) is 35.5 Å². The number of carbonyl (C=O) groups excluding carboxylic acids is 1. The molecule has 15 heavy (non-hydrogen) atoms. The molecule has 0 aliphatic carbocycles. The Balaban J connectivity index is 3.27. The number of benzene rings is 1. The molecule has 3 nitrogen and oxygen atoms in total. The third-order valence-electron chi connectivity index (χ3n) is 1.86. The van der Waals surface area contributed by atoms with Gasteiger partial charge in [-0.05, 0) is 30.4 Å². The first-order chi connectivity index (χ1) is 7.10. The predicted octanol–water partition coefficient (Wildman–Crippen LogP) is 2.09. The maximum atomic E-state index is 11.2. The minimum atomic E-state index is -0.372. The zero-order valence-corrected chi connectivity index (χ0v) is 10.0. The number of carbonyl (C=O) groups is 1. The standard InChI is InChI=1S/C10H10O3S2/c1-12-6-3-4-7(10(15)13-2)8(5-6)9(11)14/h3-5H,1-2H3,(H,11,14). The monoisotopic (exact) mass is 242 g/mol. The van der Waals surface area contributed by atoms with Gasteiger partial charge in [-0.2, -0.15) is 0 Å². The van der Waals surface area contributed by atoms with Crippen LogP contribution in [0.1, 0.15) is 15.9 Å². The fraction of sp³-hybridized carbons (Fsp3) is 0.200. The Hall–Kier alpha value is -1.07. The second kappa shape index (κ2) is 5.14. The number of methoxy groups -OCH3 is 2. The van der Waals surface area contributed by atoms with Crippen LogP contribution >= 0.6 is 24.8 Å². The van der Waals surface area contributed by atoms with Crippen molar-refractivity contribution in [2.75, 3.05) is 14.2 Å². The Morgan fingerprint density at radius 3 is 2.47 bits per heavy atom. The van der Waals surface area contributed by atoms with E-state index in [1.54, 1.807) is 18.2 Å². The lowest BCUT2D eigenvalue weighted by Crippen LogP contribution is -2.06. The van der Waals surface area contributed by atoms with E-state index >= 15 is 0 Å². The van der Waals surface area contributed by atoms with Gasteiger partial charge in [0, 0.05) is 11.1 Å². The Bertz CT molecular complexity index is 402. The molecule has 1 rings (SSSR count). The van der Waals surface area contributed by atoms with Crippen LogP contribution in [0.2, 0.25) is 0 Å². The summed E-state index contributed by atoms with van der Waals surface area (Å²) in [6, 6.07) is 4.96. The lowest BCUT2D eigenvalue weighted by molar-refractivity contribution is 0.109. The van der Waals surface area contributed by atoms with Gasteiger partial charge in [0.1, 0.15) is 5.75 Å². The van der Waals surface area contributed by atoms with Gasteiger partial charge in [0.25, 0.3) is 0 Å². The molecule has 1 aromatic rings. The molecule has 0 aliphatic rings. The SMILES string of the molecule is COC(=S)c1ccc(OC)cc1C(=O)S. The predicted molar refractivity (Wildman–Crippen MR) is 65.0 cm³/mol. The average Bonchev–Trinajstić information content (AvgIpc) is 2.27. The number of hydrogen-bond acceptors (Lipinski definition) is 4. The fourth-order valence-corrected chi connectivity index (χ4v) is 1.48. The van der Waals surface area contributed by atoms with Crippen molar-refractivity contribution in [3.05, 3.63) is 29.3 Å². The lowest BCUT2D eigenvalue weighted by Gasteiger charge is -2.08. The van der Waals surface area contributed by atoms with Crippen molar-refractivity contribution in [2.45, 2.75) is 0 Å². The van der Waals surface area contributed by atoms with Crippen LogP contribution in [0.4, 0.5) is 0 Å². The molecule has 0 aliphatic heterocycles. The molecular weight excluding hydrogens is 232 g/mol. The Morgan fingerprint density at radius 1 is 1.33 bits per heavy atom. The van der Waals surface area contributed by atoms with Gasteiger partial charge in [0.15, 0.2) is 5.05 Å². The van der Waals surface area contributed by atoms with E-state index in [9.17, 15) is 4.79 Å². The summed E-state index contributed by atoms with van der Waals surface area (Å²) in [5.41, 5.74) is 0.929. The number of rotatable bonds is 3. The molecule has 0 fully saturated rings. The number of ether oxygens (including phenoxy) is 2. The Morgan fingerprint density at radius 2 is 2.00 bits per heavy atom. The van der Waals surface area contributed by atoms with Crippen molar-refractivity contribution in [1.82, 2.24) is 0 Å². The molecule has 5 heteroatoms. The summed E-state index contributed by atoms with van der Waals surface area (Å²) in [4.78, 5) is 11.2. The van der Waals surface area contributed by atoms with Gasteiger partial charge in [0.05, 0.1) is 14.2 Å². The van der Waals surface area contributed by atoms with Crippen molar-refractivity contribution in [2.24, 2.45) is 0 Å². The van der Waals surface area contributed by atoms with Gasteiger partial charge in [0.2, 0.25) is 5.12 Å². The van der Waals surface area contributed by atoms with Crippen LogP contribution in [0.5, 0.6) is 5.75 Å². The third kappa shape index (κ3) is 2.70. The first-order valence-electron chi connectivity index (χ1n) is 4.09. The number of hydrogen-bond donors (Lipinski definition) is 1. The highest BCUT2D eigenvalue weighted by Gasteiger charge is 2.13. The van der Waals surface area contributed by atoms with E-state index in [-0.39, 0.29) is 10.2 Å². The van der Waals surface area contributed by atoms with Crippen molar-refractivity contribution < 1.29 is 14.3 Å². The van der Waals surface area contributed by atoms with E-state index in [4.69, 9.17) is 21.7 Å². The second-order valence-corrected chi connectivity index (χ2v) is 3.49. The normalized spacial score (nSPS) is 9.53. The average molecular weight is 242 g/mol. The maximum absolute atomic E-state index is 11.2. The molecule has 0 unspecified atom stereocenters. The lowest BCUT2D eigenvalue weighted by atomic mass is 10.1. The molecule has 0 saturated carbocycles. The van der Waals surface area contributed by atoms with Crippen molar-refractivity contribution in [3.63, 3.8) is 0 Å². The van der Waals surface area contributed by atoms with Crippen LogP contribution in [-0.4, -0.2) is 24.4 Å². The van der Waals surface area contributed by atoms with Crippen LogP contribution in [0.15, 0.2) is 18.2 Å². The summed E-state index contributed by atoms with van der Waals surface area (Å²) in [6.45, 7) is 0. The Labute approximate surface area is 98.8 Å². The maximum Gasteiger partial charge on any atom is 0.217 e. The summed E-state index contributed by atoms with van der Waals surface area (Å²) in [5, 5.41) is -0.113. The molecule has 0 radical (unpaired) electrons. The summed E-state index contributed by atoms with van der Waals surface area (Å²) >= 11 is 8.73. The van der Waals surface area contributed by atoms with Gasteiger partial charge >= 0.3 is 0 Å². The molecule has 0 bridgehead atoms. The van der Waals surface area contributed by atoms with Crippen LogP contribution < -0.4 is 4.74 Å². The fourth-order valence-electron chi connectivity index (χ4n) is 1.12. The van der Waals surface area contributed by atoms with Gasteiger partial charge < -0.3 is 9.47 Å². The molecule has 0 spiro atoms. The van der Waals surface area contributed by atoms with Gasteiger partial charge in [-0.3, -0.25) is 4.79 Å². The van der Waals surface area contributed by atoms with Crippen LogP contribution in [0, 0.1) is 0 Å². The highest BCUT2D eigenvalue weighted by atomic mass is 32.1. The van der Waals surface area contributed by atoms with E-state index in [1.807, 2.05) is 0 Å². The van der Waals surface area contributed by atoms with E-state index < -0.39 is 0 Å². The summed E-state index contributed by atoms with van der Waals surface area (Å²) in [6.07, 6.45) is 0. The van der Waals surface area contributed by atoms with Crippen molar-refractivity contribution >= 4 is 35.0 Å². The van der Waals surface area contributed by atoms with Crippen LogP contribution in [-0.2, 0) is 4.74 Å². The zero-order chi connectivity index (χ0) is 11.4. The summed E-state index contributed by atoms with van der Waals surface area (Å²) in [7, 11) is 2.98. The van der Waals surface area contributed by atoms with E-state index in [1.165, 1.54) is 14.2 Å². The van der Waals surface area contributed by atoms with Gasteiger partial charge in [-0.25, -0.2) is 0 Å². The van der Waals surface area contributed by atoms with Crippen molar-refractivity contribution in [1.29, 1.82) is 0 Å². The second-order valence-electron chi connectivity index (χ2n) is 2.71. The largest absolute Gasteiger partial charge is 0.497 e. The molecule has 0 saturated heterocycles. The molecule has 1 aromatic carbocycles. The van der Waals surface area contributed by atoms with Gasteiger partial charge in [-0.15, -0.1) is 12.6 Å². The molecule has 0 amide bonds. The molecule has 0 atom stereocenters. The minimum Gasteiger partial charge on any atom is -0.497 e. The van der Waals surface area contributed by atoms with Crippen LogP contribution in [0.3, 0.4) is 0 Å². The summed E-state index contributed by atoms with van der Waals surface area (Å²) < 4.78 is 9.91. The third-order valence-corrected chi connectivity index (χ3v) is 2.49. The zero-order valence-electron chi connectivity index (χ0n) is 8.31. The molecule has 0 N–H and O–H groups in total. The van der Waals surface area contributed by atoms with Crippen LogP contribution in [0.25, 0.3) is 0 Å². The Kier molecular flexibility index (Phi) is 4.11. The van der Waals surface area contributed by atoms with Crippen molar-refractivity contribution in [3.8, 4) is 5.75 Å². The quantitative estimate of drug-likeness (QED) is 0.650. The van der Waals surface area contributed by atoms with Gasteiger partial charge in [-0.1, -0.05) is 0 Å². The highest BCUT2D eigenvalue weighted by Crippen LogP contribution is 2.20. The van der Waals surface area contributed by atoms with E-state index in [0.29, 0.717) is 16.9 Å². The molecular formula is C10H10O3S2. The number of thiol groups is 1. The highest BCUT2D eigenvalue weighted by molar-refractivity contribution is 7.97. The first-order valence-corrected chi connectivity index (χ1v) is 4.95.